The second-order valence-corrected chi connectivity index (χ2v) is 3.84. The van der Waals surface area contributed by atoms with Crippen molar-refractivity contribution in [1.82, 2.24) is 5.32 Å². The summed E-state index contributed by atoms with van der Waals surface area (Å²) in [6.45, 7) is 3.78. The van der Waals surface area contributed by atoms with Crippen LogP contribution < -0.4 is 10.6 Å². The molecule has 102 valence electrons. The van der Waals surface area contributed by atoms with E-state index in [0.29, 0.717) is 13.1 Å². The number of nitrogens with one attached hydrogen (secondary N) is 2. The van der Waals surface area contributed by atoms with Gasteiger partial charge in [-0.25, -0.2) is 4.39 Å². The van der Waals surface area contributed by atoms with Crippen molar-refractivity contribution < 1.29 is 17.6 Å². The molecule has 0 aliphatic heterocycles. The van der Waals surface area contributed by atoms with Crippen molar-refractivity contribution in [2.75, 3.05) is 25.0 Å². The number of alkyl halides is 3. The van der Waals surface area contributed by atoms with E-state index in [1.54, 1.807) is 0 Å². The second kappa shape index (κ2) is 6.58. The highest BCUT2D eigenvalue weighted by Gasteiger charge is 2.34. The Balaban J connectivity index is 2.62. The van der Waals surface area contributed by atoms with Crippen molar-refractivity contribution in [2.24, 2.45) is 0 Å². The summed E-state index contributed by atoms with van der Waals surface area (Å²) in [5.41, 5.74) is -1.36. The highest BCUT2D eigenvalue weighted by atomic mass is 19.4. The lowest BCUT2D eigenvalue weighted by atomic mass is 10.1. The largest absolute Gasteiger partial charge is 0.419 e. The minimum Gasteiger partial charge on any atom is -0.381 e. The molecule has 2 nitrogen and oxygen atoms in total. The van der Waals surface area contributed by atoms with Gasteiger partial charge in [-0.3, -0.25) is 0 Å². The van der Waals surface area contributed by atoms with Crippen LogP contribution >= 0.6 is 0 Å². The van der Waals surface area contributed by atoms with Gasteiger partial charge in [-0.15, -0.1) is 0 Å². The molecule has 0 aliphatic carbocycles. The highest BCUT2D eigenvalue weighted by molar-refractivity contribution is 5.48. The third kappa shape index (κ3) is 4.18. The fourth-order valence-corrected chi connectivity index (χ4v) is 1.47. The zero-order valence-electron chi connectivity index (χ0n) is 10.1. The van der Waals surface area contributed by atoms with E-state index in [9.17, 15) is 17.6 Å². The number of anilines is 1. The first-order chi connectivity index (χ1) is 8.46. The van der Waals surface area contributed by atoms with Gasteiger partial charge in [0.05, 0.1) is 11.3 Å². The number of rotatable bonds is 6. The van der Waals surface area contributed by atoms with Crippen LogP contribution in [0.25, 0.3) is 0 Å². The Morgan fingerprint density at radius 2 is 1.83 bits per heavy atom. The van der Waals surface area contributed by atoms with Crippen molar-refractivity contribution in [1.29, 1.82) is 0 Å². The Morgan fingerprint density at radius 1 is 1.11 bits per heavy atom. The van der Waals surface area contributed by atoms with Crippen LogP contribution in [-0.2, 0) is 6.18 Å². The Bertz CT molecular complexity index is 377. The van der Waals surface area contributed by atoms with Crippen LogP contribution in [0.5, 0.6) is 0 Å². The van der Waals surface area contributed by atoms with Crippen LogP contribution in [0.1, 0.15) is 18.9 Å². The molecule has 0 amide bonds. The Labute approximate surface area is 103 Å². The molecule has 1 aromatic carbocycles. The molecule has 18 heavy (non-hydrogen) atoms. The normalized spacial score (nSPS) is 11.6. The van der Waals surface area contributed by atoms with Gasteiger partial charge in [0.2, 0.25) is 0 Å². The van der Waals surface area contributed by atoms with Crippen LogP contribution in [0.3, 0.4) is 0 Å². The molecular weight excluding hydrogens is 248 g/mol. The quantitative estimate of drug-likeness (QED) is 0.608. The third-order valence-electron chi connectivity index (χ3n) is 2.35. The molecule has 0 spiro atoms. The Hall–Kier alpha value is -1.30. The first kappa shape index (κ1) is 14.8. The molecule has 0 atom stereocenters. The molecule has 2 N–H and O–H groups in total. The van der Waals surface area contributed by atoms with Crippen LogP contribution in [0.4, 0.5) is 23.2 Å². The summed E-state index contributed by atoms with van der Waals surface area (Å²) >= 11 is 0. The van der Waals surface area contributed by atoms with Gasteiger partial charge in [0, 0.05) is 13.1 Å². The molecule has 0 saturated carbocycles. The van der Waals surface area contributed by atoms with Crippen LogP contribution in [0.2, 0.25) is 0 Å². The molecule has 0 radical (unpaired) electrons. The number of hydrogen-bond acceptors (Lipinski definition) is 2. The van der Waals surface area contributed by atoms with Crippen molar-refractivity contribution in [3.8, 4) is 0 Å². The van der Waals surface area contributed by atoms with Gasteiger partial charge in [0.15, 0.2) is 5.82 Å². The molecule has 0 bridgehead atoms. The van der Waals surface area contributed by atoms with Crippen LogP contribution in [-0.4, -0.2) is 19.6 Å². The van der Waals surface area contributed by atoms with Crippen molar-refractivity contribution in [2.45, 2.75) is 19.5 Å². The predicted octanol–water partition coefficient (Wildman–Crippen LogP) is 3.26. The van der Waals surface area contributed by atoms with E-state index in [0.717, 1.165) is 19.0 Å². The van der Waals surface area contributed by atoms with E-state index in [2.05, 4.69) is 10.6 Å². The maximum Gasteiger partial charge on any atom is 0.419 e. The van der Waals surface area contributed by atoms with E-state index in [-0.39, 0.29) is 5.69 Å². The minimum atomic E-state index is -4.66. The van der Waals surface area contributed by atoms with Crippen LogP contribution in [0.15, 0.2) is 18.2 Å². The lowest BCUT2D eigenvalue weighted by Crippen LogP contribution is -2.23. The first-order valence-electron chi connectivity index (χ1n) is 5.77. The number of benzene rings is 1. The molecule has 0 saturated heterocycles. The average molecular weight is 264 g/mol. The predicted molar refractivity (Wildman–Crippen MR) is 63.1 cm³/mol. The third-order valence-corrected chi connectivity index (χ3v) is 2.35. The number of hydrogen-bond donors (Lipinski definition) is 2. The van der Waals surface area contributed by atoms with Crippen molar-refractivity contribution in [3.05, 3.63) is 29.6 Å². The summed E-state index contributed by atoms with van der Waals surface area (Å²) in [6.07, 6.45) is -3.69. The fourth-order valence-electron chi connectivity index (χ4n) is 1.47. The molecular formula is C12H16F4N2. The zero-order valence-corrected chi connectivity index (χ0v) is 10.1. The lowest BCUT2D eigenvalue weighted by Gasteiger charge is -2.12. The SMILES string of the molecule is CCCNCCNc1cccc(C(F)(F)F)c1F. The molecule has 0 unspecified atom stereocenters. The summed E-state index contributed by atoms with van der Waals surface area (Å²) < 4.78 is 50.9. The summed E-state index contributed by atoms with van der Waals surface area (Å²) in [6, 6.07) is 3.22. The van der Waals surface area contributed by atoms with E-state index < -0.39 is 17.6 Å². The maximum absolute atomic E-state index is 13.5. The lowest BCUT2D eigenvalue weighted by molar-refractivity contribution is -0.139. The second-order valence-electron chi connectivity index (χ2n) is 3.84. The molecule has 0 aromatic heterocycles. The molecule has 1 aromatic rings. The molecule has 0 fully saturated rings. The van der Waals surface area contributed by atoms with Gasteiger partial charge >= 0.3 is 6.18 Å². The molecule has 6 heteroatoms. The van der Waals surface area contributed by atoms with Gasteiger partial charge in [-0.2, -0.15) is 13.2 Å². The van der Waals surface area contributed by atoms with E-state index in [4.69, 9.17) is 0 Å². The monoisotopic (exact) mass is 264 g/mol. The highest BCUT2D eigenvalue weighted by Crippen LogP contribution is 2.33. The smallest absolute Gasteiger partial charge is 0.381 e. The van der Waals surface area contributed by atoms with Gasteiger partial charge in [-0.05, 0) is 25.1 Å². The van der Waals surface area contributed by atoms with Gasteiger partial charge in [0.25, 0.3) is 0 Å². The Morgan fingerprint density at radius 3 is 2.44 bits per heavy atom. The molecule has 0 aliphatic rings. The van der Waals surface area contributed by atoms with Crippen molar-refractivity contribution in [3.63, 3.8) is 0 Å². The summed E-state index contributed by atoms with van der Waals surface area (Å²) in [7, 11) is 0. The summed E-state index contributed by atoms with van der Waals surface area (Å²) in [5, 5.41) is 5.71. The van der Waals surface area contributed by atoms with Crippen LogP contribution in [0, 0.1) is 5.82 Å². The van der Waals surface area contributed by atoms with Gasteiger partial charge in [-0.1, -0.05) is 13.0 Å². The topological polar surface area (TPSA) is 24.1 Å². The zero-order chi connectivity index (χ0) is 13.6. The number of halogens is 4. The maximum atomic E-state index is 13.5. The standard InChI is InChI=1S/C12H16F4N2/c1-2-6-17-7-8-18-10-5-3-4-9(11(10)13)12(14,15)16/h3-5,17-18H,2,6-8H2,1H3. The van der Waals surface area contributed by atoms with E-state index in [1.807, 2.05) is 6.92 Å². The summed E-state index contributed by atoms with van der Waals surface area (Å²) in [4.78, 5) is 0. The first-order valence-corrected chi connectivity index (χ1v) is 5.77. The van der Waals surface area contributed by atoms with Crippen molar-refractivity contribution >= 4 is 5.69 Å². The van der Waals surface area contributed by atoms with E-state index in [1.165, 1.54) is 12.1 Å². The molecule has 1 rings (SSSR count). The minimum absolute atomic E-state index is 0.122. The summed E-state index contributed by atoms with van der Waals surface area (Å²) in [5.74, 6) is -1.25. The fraction of sp³-hybridized carbons (Fsp3) is 0.500. The molecule has 0 heterocycles. The van der Waals surface area contributed by atoms with Gasteiger partial charge in [0.1, 0.15) is 0 Å². The van der Waals surface area contributed by atoms with E-state index >= 15 is 0 Å². The average Bonchev–Trinajstić information content (AvgIpc) is 2.29. The Kier molecular flexibility index (Phi) is 5.40. The van der Waals surface area contributed by atoms with Gasteiger partial charge < -0.3 is 10.6 Å².